The zero-order valence-corrected chi connectivity index (χ0v) is 16.5. The van der Waals surface area contributed by atoms with E-state index in [0.29, 0.717) is 18.4 Å². The molecule has 3 rings (SSSR count). The number of ether oxygens (including phenoxy) is 1. The number of urea groups is 1. The summed E-state index contributed by atoms with van der Waals surface area (Å²) in [6, 6.07) is 7.89. The van der Waals surface area contributed by atoms with Crippen LogP contribution in [-0.2, 0) is 14.3 Å². The van der Waals surface area contributed by atoms with Crippen molar-refractivity contribution in [3.05, 3.63) is 35.9 Å². The Balaban J connectivity index is 1.61. The molecule has 0 bridgehead atoms. The maximum Gasteiger partial charge on any atom is 0.326 e. The molecular weight excluding hydrogens is 360 g/mol. The van der Waals surface area contributed by atoms with Crippen LogP contribution in [0.15, 0.2) is 30.3 Å². The van der Waals surface area contributed by atoms with Gasteiger partial charge in [0.15, 0.2) is 12.4 Å². The number of carbonyl (C=O) groups is 4. The average molecular weight is 386 g/mol. The van der Waals surface area contributed by atoms with Crippen LogP contribution in [0.3, 0.4) is 0 Å². The summed E-state index contributed by atoms with van der Waals surface area (Å²) >= 11 is 0. The molecule has 7 heteroatoms. The first kappa shape index (κ1) is 20.0. The Kier molecular flexibility index (Phi) is 5.28. The standard InChI is InChI=1S/C21H26N2O5/c1-14-9-20(2,3)13-21(10-14)18(26)23(19(27)22-21)11-17(25)28-12-16(24)15-7-5-4-6-8-15/h4-8,14H,9-13H2,1-3H3,(H,22,27)/t14-,21-/m1/s1. The lowest BCUT2D eigenvalue weighted by Gasteiger charge is -2.43. The van der Waals surface area contributed by atoms with Crippen molar-refractivity contribution in [2.24, 2.45) is 11.3 Å². The van der Waals surface area contributed by atoms with Crippen LogP contribution in [0.2, 0.25) is 0 Å². The number of nitrogens with one attached hydrogen (secondary N) is 1. The molecule has 3 amide bonds. The van der Waals surface area contributed by atoms with Crippen LogP contribution in [0.4, 0.5) is 4.79 Å². The maximum atomic E-state index is 13.0. The molecule has 2 fully saturated rings. The van der Waals surface area contributed by atoms with Gasteiger partial charge in [0.25, 0.3) is 5.91 Å². The maximum absolute atomic E-state index is 13.0. The van der Waals surface area contributed by atoms with Crippen molar-refractivity contribution in [2.45, 2.75) is 45.6 Å². The molecule has 1 aliphatic heterocycles. The van der Waals surface area contributed by atoms with Gasteiger partial charge in [-0.1, -0.05) is 51.1 Å². The topological polar surface area (TPSA) is 92.8 Å². The largest absolute Gasteiger partial charge is 0.456 e. The second-order valence-electron chi connectivity index (χ2n) is 8.71. The minimum atomic E-state index is -0.960. The van der Waals surface area contributed by atoms with Gasteiger partial charge in [0, 0.05) is 5.56 Å². The highest BCUT2D eigenvalue weighted by Gasteiger charge is 2.56. The molecule has 1 N–H and O–H groups in total. The number of hydrogen-bond donors (Lipinski definition) is 1. The number of nitrogens with zero attached hydrogens (tertiary/aromatic N) is 1. The Morgan fingerprint density at radius 3 is 2.50 bits per heavy atom. The van der Waals surface area contributed by atoms with Crippen molar-refractivity contribution >= 4 is 23.7 Å². The van der Waals surface area contributed by atoms with Crippen LogP contribution < -0.4 is 5.32 Å². The number of esters is 1. The van der Waals surface area contributed by atoms with E-state index in [1.54, 1.807) is 30.3 Å². The summed E-state index contributed by atoms with van der Waals surface area (Å²) in [4.78, 5) is 50.5. The Labute approximate surface area is 164 Å². The van der Waals surface area contributed by atoms with Crippen molar-refractivity contribution in [1.29, 1.82) is 0 Å². The lowest BCUT2D eigenvalue weighted by Crippen LogP contribution is -2.54. The molecule has 7 nitrogen and oxygen atoms in total. The van der Waals surface area contributed by atoms with E-state index >= 15 is 0 Å². The molecule has 1 saturated heterocycles. The summed E-state index contributed by atoms with van der Waals surface area (Å²) in [7, 11) is 0. The number of carbonyl (C=O) groups excluding carboxylic acids is 4. The second-order valence-corrected chi connectivity index (χ2v) is 8.71. The molecule has 2 aliphatic rings. The van der Waals surface area contributed by atoms with Crippen LogP contribution in [0.1, 0.15) is 50.4 Å². The minimum Gasteiger partial charge on any atom is -0.456 e. The Bertz CT molecular complexity index is 804. The van der Waals surface area contributed by atoms with Crippen LogP contribution >= 0.6 is 0 Å². The predicted molar refractivity (Wildman–Crippen MR) is 102 cm³/mol. The van der Waals surface area contributed by atoms with Gasteiger partial charge in [-0.3, -0.25) is 19.3 Å². The molecule has 1 spiro atoms. The first-order chi connectivity index (χ1) is 13.1. The molecule has 1 aromatic carbocycles. The molecule has 1 heterocycles. The first-order valence-corrected chi connectivity index (χ1v) is 9.50. The molecule has 2 atom stereocenters. The van der Waals surface area contributed by atoms with Gasteiger partial charge in [0.1, 0.15) is 12.1 Å². The van der Waals surface area contributed by atoms with E-state index in [9.17, 15) is 19.2 Å². The van der Waals surface area contributed by atoms with Crippen LogP contribution in [0.25, 0.3) is 0 Å². The van der Waals surface area contributed by atoms with Gasteiger partial charge < -0.3 is 10.1 Å². The van der Waals surface area contributed by atoms with E-state index in [4.69, 9.17) is 4.74 Å². The zero-order valence-electron chi connectivity index (χ0n) is 16.5. The lowest BCUT2D eigenvalue weighted by molar-refractivity contribution is -0.147. The summed E-state index contributed by atoms with van der Waals surface area (Å²) in [6.07, 6.45) is 2.06. The summed E-state index contributed by atoms with van der Waals surface area (Å²) in [5.41, 5.74) is -0.611. The number of ketones is 1. The third kappa shape index (κ3) is 4.08. The van der Waals surface area contributed by atoms with Gasteiger partial charge in [-0.25, -0.2) is 4.79 Å². The van der Waals surface area contributed by atoms with E-state index in [2.05, 4.69) is 26.1 Å². The van der Waals surface area contributed by atoms with Gasteiger partial charge in [-0.15, -0.1) is 0 Å². The number of benzene rings is 1. The molecule has 0 aromatic heterocycles. The molecule has 1 aromatic rings. The zero-order chi connectivity index (χ0) is 20.5. The Morgan fingerprint density at radius 2 is 1.86 bits per heavy atom. The van der Waals surface area contributed by atoms with Crippen LogP contribution in [0.5, 0.6) is 0 Å². The van der Waals surface area contributed by atoms with Gasteiger partial charge in [-0.05, 0) is 30.6 Å². The molecule has 0 radical (unpaired) electrons. The van der Waals surface area contributed by atoms with Gasteiger partial charge in [0.05, 0.1) is 0 Å². The highest BCUT2D eigenvalue weighted by Crippen LogP contribution is 2.46. The molecule has 0 unspecified atom stereocenters. The third-order valence-corrected chi connectivity index (χ3v) is 5.37. The third-order valence-electron chi connectivity index (χ3n) is 5.37. The van der Waals surface area contributed by atoms with Gasteiger partial charge in [0.2, 0.25) is 0 Å². The average Bonchev–Trinajstić information content (AvgIpc) is 2.82. The number of amides is 3. The molecule has 150 valence electrons. The van der Waals surface area contributed by atoms with Crippen molar-refractivity contribution in [1.82, 2.24) is 10.2 Å². The Morgan fingerprint density at radius 1 is 1.18 bits per heavy atom. The highest BCUT2D eigenvalue weighted by atomic mass is 16.5. The lowest BCUT2D eigenvalue weighted by atomic mass is 9.64. The van der Waals surface area contributed by atoms with Gasteiger partial charge in [-0.2, -0.15) is 0 Å². The summed E-state index contributed by atoms with van der Waals surface area (Å²) in [5.74, 6) is -1.23. The molecule has 28 heavy (non-hydrogen) atoms. The minimum absolute atomic E-state index is 0.0841. The van der Waals surface area contributed by atoms with E-state index in [-0.39, 0.29) is 23.0 Å². The van der Waals surface area contributed by atoms with Crippen molar-refractivity contribution in [3.8, 4) is 0 Å². The first-order valence-electron chi connectivity index (χ1n) is 9.50. The summed E-state index contributed by atoms with van der Waals surface area (Å²) < 4.78 is 4.99. The number of hydrogen-bond acceptors (Lipinski definition) is 5. The van der Waals surface area contributed by atoms with Crippen LogP contribution in [0, 0.1) is 11.3 Å². The van der Waals surface area contributed by atoms with Crippen molar-refractivity contribution in [2.75, 3.05) is 13.2 Å². The predicted octanol–water partition coefficient (Wildman–Crippen LogP) is 2.55. The Hall–Kier alpha value is -2.70. The molecule has 1 saturated carbocycles. The normalized spacial score (nSPS) is 26.2. The van der Waals surface area contributed by atoms with E-state index in [0.717, 1.165) is 11.3 Å². The second kappa shape index (κ2) is 7.37. The smallest absolute Gasteiger partial charge is 0.326 e. The number of imide groups is 1. The monoisotopic (exact) mass is 386 g/mol. The fourth-order valence-corrected chi connectivity index (χ4v) is 4.68. The molecular formula is C21H26N2O5. The number of Topliss-reactive ketones (excluding diaryl/α,β-unsaturated/α-hetero) is 1. The highest BCUT2D eigenvalue weighted by molar-refractivity contribution is 6.09. The fourth-order valence-electron chi connectivity index (χ4n) is 4.68. The SMILES string of the molecule is C[C@@H]1CC(C)(C)C[C@@]2(C1)NC(=O)N(CC(=O)OCC(=O)c1ccccc1)C2=O. The van der Waals surface area contributed by atoms with E-state index in [1.807, 2.05) is 0 Å². The number of rotatable bonds is 5. The van der Waals surface area contributed by atoms with E-state index in [1.165, 1.54) is 0 Å². The fraction of sp³-hybridized carbons (Fsp3) is 0.524. The summed E-state index contributed by atoms with van der Waals surface area (Å²) in [6.45, 7) is 5.30. The van der Waals surface area contributed by atoms with Crippen molar-refractivity contribution in [3.63, 3.8) is 0 Å². The molecule has 1 aliphatic carbocycles. The summed E-state index contributed by atoms with van der Waals surface area (Å²) in [5, 5.41) is 2.81. The van der Waals surface area contributed by atoms with Gasteiger partial charge >= 0.3 is 12.0 Å². The van der Waals surface area contributed by atoms with E-state index < -0.39 is 30.7 Å². The van der Waals surface area contributed by atoms with Crippen molar-refractivity contribution < 1.29 is 23.9 Å². The quantitative estimate of drug-likeness (QED) is 0.477. The van der Waals surface area contributed by atoms with Crippen LogP contribution in [-0.4, -0.2) is 47.3 Å².